The molecule has 1 aromatic heterocycles. The van der Waals surface area contributed by atoms with E-state index in [1.54, 1.807) is 0 Å². The van der Waals surface area contributed by atoms with Gasteiger partial charge in [0, 0.05) is 33.2 Å². The summed E-state index contributed by atoms with van der Waals surface area (Å²) in [5, 5.41) is 2.57. The van der Waals surface area contributed by atoms with Gasteiger partial charge in [-0.05, 0) is 157 Å². The van der Waals surface area contributed by atoms with Gasteiger partial charge in [-0.3, -0.25) is 0 Å². The number of benzene rings is 10. The monoisotopic (exact) mass is 1040 g/mol. The molecule has 3 unspecified atom stereocenters. The molecule has 10 aromatic carbocycles. The van der Waals surface area contributed by atoms with Gasteiger partial charge in [-0.1, -0.05) is 270 Å². The fourth-order valence-corrected chi connectivity index (χ4v) is 14.6. The first-order valence-electron chi connectivity index (χ1n) is 29.1. The van der Waals surface area contributed by atoms with Gasteiger partial charge in [-0.2, -0.15) is 0 Å². The van der Waals surface area contributed by atoms with E-state index in [-0.39, 0.29) is 16.2 Å². The molecular formula is C80H67N. The van der Waals surface area contributed by atoms with Crippen molar-refractivity contribution < 1.29 is 0 Å². The van der Waals surface area contributed by atoms with Crippen LogP contribution >= 0.6 is 0 Å². The van der Waals surface area contributed by atoms with Crippen molar-refractivity contribution in [2.45, 2.75) is 70.1 Å². The number of allylic oxidation sites excluding steroid dienone is 8. The van der Waals surface area contributed by atoms with E-state index in [0.29, 0.717) is 11.8 Å². The highest BCUT2D eigenvalue weighted by Gasteiger charge is 2.51. The Kier molecular flexibility index (Phi) is 12.2. The molecule has 392 valence electrons. The molecule has 1 spiro atoms. The van der Waals surface area contributed by atoms with Gasteiger partial charge >= 0.3 is 0 Å². The van der Waals surface area contributed by atoms with E-state index in [9.17, 15) is 0 Å². The van der Waals surface area contributed by atoms with Crippen LogP contribution in [0.3, 0.4) is 0 Å². The lowest BCUT2D eigenvalue weighted by Gasteiger charge is -2.35. The van der Waals surface area contributed by atoms with E-state index in [0.717, 1.165) is 6.42 Å². The molecule has 1 heteroatoms. The molecule has 3 atom stereocenters. The highest BCUT2D eigenvalue weighted by molar-refractivity contribution is 6.11. The molecule has 11 aromatic rings. The molecule has 0 aliphatic heterocycles. The third-order valence-electron chi connectivity index (χ3n) is 18.8. The Morgan fingerprint density at radius 1 is 0.481 bits per heavy atom. The Bertz CT molecular complexity index is 4320. The van der Waals surface area contributed by atoms with Crippen molar-refractivity contribution in [2.75, 3.05) is 0 Å². The van der Waals surface area contributed by atoms with Crippen LogP contribution < -0.4 is 0 Å². The fourth-order valence-electron chi connectivity index (χ4n) is 14.6. The van der Waals surface area contributed by atoms with Gasteiger partial charge in [0.05, 0.1) is 16.4 Å². The normalized spacial score (nSPS) is 18.1. The number of hydrogen-bond acceptors (Lipinski definition) is 0. The van der Waals surface area contributed by atoms with Crippen LogP contribution in [0.25, 0.3) is 72.0 Å². The maximum atomic E-state index is 2.52. The predicted octanol–water partition coefficient (Wildman–Crippen LogP) is 20.8. The summed E-state index contributed by atoms with van der Waals surface area (Å²) in [5.74, 6) is 0.754. The van der Waals surface area contributed by atoms with Gasteiger partial charge in [-0.15, -0.1) is 0 Å². The summed E-state index contributed by atoms with van der Waals surface area (Å²) in [4.78, 5) is 0. The van der Waals surface area contributed by atoms with Crippen molar-refractivity contribution in [3.63, 3.8) is 0 Å². The Labute approximate surface area is 478 Å². The largest absolute Gasteiger partial charge is 0.309 e. The Morgan fingerprint density at radius 2 is 1.02 bits per heavy atom. The average molecular weight is 1040 g/mol. The summed E-state index contributed by atoms with van der Waals surface area (Å²) in [6.07, 6.45) is 15.0. The molecule has 0 saturated carbocycles. The second kappa shape index (κ2) is 19.6. The van der Waals surface area contributed by atoms with E-state index in [2.05, 4.69) is 319 Å². The lowest BCUT2D eigenvalue weighted by Crippen LogP contribution is -2.25. The Hall–Kier alpha value is -9.04. The molecule has 4 aliphatic carbocycles. The van der Waals surface area contributed by atoms with Crippen LogP contribution in [0, 0.1) is 12.8 Å². The average Bonchev–Trinajstić information content (AvgIpc) is 2.51. The molecule has 1 nitrogen and oxygen atoms in total. The third kappa shape index (κ3) is 8.11. The quantitative estimate of drug-likeness (QED) is 0.150. The molecule has 0 saturated heterocycles. The van der Waals surface area contributed by atoms with Crippen LogP contribution in [0.2, 0.25) is 0 Å². The highest BCUT2D eigenvalue weighted by Crippen LogP contribution is 2.63. The number of rotatable bonds is 7. The lowest BCUT2D eigenvalue weighted by atomic mass is 9.69. The van der Waals surface area contributed by atoms with Crippen molar-refractivity contribution >= 4 is 21.8 Å². The first kappa shape index (κ1) is 50.2. The summed E-state index contributed by atoms with van der Waals surface area (Å²) in [7, 11) is 0. The van der Waals surface area contributed by atoms with Crippen LogP contribution in [-0.2, 0) is 16.2 Å². The summed E-state index contributed by atoms with van der Waals surface area (Å²) in [6, 6.07) is 87.7. The Balaban J connectivity index is 0.000000187. The van der Waals surface area contributed by atoms with Gasteiger partial charge in [-0.25, -0.2) is 0 Å². The zero-order valence-corrected chi connectivity index (χ0v) is 47.3. The van der Waals surface area contributed by atoms with E-state index in [4.69, 9.17) is 0 Å². The van der Waals surface area contributed by atoms with E-state index in [1.807, 2.05) is 0 Å². The maximum Gasteiger partial charge on any atom is 0.0725 e. The minimum absolute atomic E-state index is 0.0293. The second-order valence-electron chi connectivity index (χ2n) is 23.9. The maximum absolute atomic E-state index is 2.52. The predicted molar refractivity (Wildman–Crippen MR) is 343 cm³/mol. The van der Waals surface area contributed by atoms with Crippen molar-refractivity contribution in [3.05, 3.63) is 329 Å². The topological polar surface area (TPSA) is 4.93 Å². The van der Waals surface area contributed by atoms with Crippen LogP contribution in [0.1, 0.15) is 91.5 Å². The smallest absolute Gasteiger partial charge is 0.0725 e. The molecule has 0 fully saturated rings. The molecule has 0 N–H and O–H groups in total. The molecule has 0 amide bonds. The lowest BCUT2D eigenvalue weighted by molar-refractivity contribution is 0.569. The molecule has 81 heavy (non-hydrogen) atoms. The van der Waals surface area contributed by atoms with E-state index in [1.165, 1.54) is 128 Å². The zero-order valence-electron chi connectivity index (χ0n) is 47.3. The summed E-state index contributed by atoms with van der Waals surface area (Å²) < 4.78 is 2.44. The molecule has 0 radical (unpaired) electrons. The second-order valence-corrected chi connectivity index (χ2v) is 23.9. The van der Waals surface area contributed by atoms with Gasteiger partial charge in [0.25, 0.3) is 0 Å². The number of aromatic nitrogens is 1. The first-order valence-corrected chi connectivity index (χ1v) is 29.1. The van der Waals surface area contributed by atoms with E-state index >= 15 is 0 Å². The number of hydrogen-bond donors (Lipinski definition) is 0. The summed E-state index contributed by atoms with van der Waals surface area (Å²) in [5.41, 5.74) is 27.8. The minimum atomic E-state index is -0.189. The van der Waals surface area contributed by atoms with E-state index < -0.39 is 0 Å². The number of aryl methyl sites for hydroxylation is 1. The van der Waals surface area contributed by atoms with Gasteiger partial charge in [0.2, 0.25) is 0 Å². The molecule has 1 heterocycles. The standard InChI is InChI=1S/C54H49N.C26H18/c1-37-34-50(53(3,4)44-17-11-7-12-18-44)38(2)33-47(37)42-21-19-41(20-22-42)43-25-29-51-48(35-43)49-36-45(54(5)31-13-8-14-32-54)26-30-52(49)55(51)46-27-23-40(24-28-46)39-15-9-6-10-16-39;1-17-9-8-16-24-25(17)20-12-4-7-15-23(20)26(24)21-13-5-2-10-18(21)19-11-3-6-14-22(19)26/h6-31,33-37,47H,32H2,1-5H3;2-16H,1H3. The fraction of sp³-hybridized carbons (Fsp3) is 0.150. The van der Waals surface area contributed by atoms with Crippen molar-refractivity contribution in [3.8, 4) is 50.2 Å². The summed E-state index contributed by atoms with van der Waals surface area (Å²) >= 11 is 0. The molecule has 15 rings (SSSR count). The third-order valence-corrected chi connectivity index (χ3v) is 18.8. The molecule has 4 aliphatic rings. The zero-order chi connectivity index (χ0) is 55.0. The number of nitrogens with zero attached hydrogens (tertiary/aromatic N) is 1. The van der Waals surface area contributed by atoms with Crippen LogP contribution in [0.15, 0.2) is 284 Å². The van der Waals surface area contributed by atoms with Gasteiger partial charge in [0.15, 0.2) is 0 Å². The van der Waals surface area contributed by atoms with Crippen LogP contribution in [0.5, 0.6) is 0 Å². The summed E-state index contributed by atoms with van der Waals surface area (Å²) in [6.45, 7) is 14.0. The van der Waals surface area contributed by atoms with Crippen LogP contribution in [-0.4, -0.2) is 4.57 Å². The van der Waals surface area contributed by atoms with Crippen molar-refractivity contribution in [2.24, 2.45) is 5.92 Å². The molecular weight excluding hydrogens is 975 g/mol. The minimum Gasteiger partial charge on any atom is -0.309 e. The molecule has 0 bridgehead atoms. The Morgan fingerprint density at radius 3 is 1.69 bits per heavy atom. The SMILES string of the molecule is CC1=CC(c2ccc(-c3ccc4c(c3)c3cc(C5(C)C=CC=CC5)ccc3n4-c3ccc(-c4ccccc4)cc3)cc2)C(C)C=C1C(C)(C)c1ccccc1.Cc1cccc2c1-c1ccccc1C21c2ccccc2-c2ccccc21. The van der Waals surface area contributed by atoms with Crippen LogP contribution in [0.4, 0.5) is 0 Å². The van der Waals surface area contributed by atoms with Crippen molar-refractivity contribution in [1.29, 1.82) is 0 Å². The van der Waals surface area contributed by atoms with Gasteiger partial charge in [0.1, 0.15) is 0 Å². The van der Waals surface area contributed by atoms with Gasteiger partial charge < -0.3 is 4.57 Å². The highest BCUT2D eigenvalue weighted by atomic mass is 15.0. The first-order chi connectivity index (χ1) is 39.5. The van der Waals surface area contributed by atoms with Crippen molar-refractivity contribution in [1.82, 2.24) is 4.57 Å². The number of fused-ring (bicyclic) bond motifs is 13.